The van der Waals surface area contributed by atoms with Crippen LogP contribution in [0.15, 0.2) is 0 Å². The molecule has 1 N–H and O–H groups in total. The summed E-state index contributed by atoms with van der Waals surface area (Å²) in [5.74, 6) is -0.294. The molecule has 4 heteroatoms. The maximum atomic E-state index is 11.6. The Hall–Kier alpha value is -1.06. The van der Waals surface area contributed by atoms with E-state index in [1.807, 2.05) is 0 Å². The summed E-state index contributed by atoms with van der Waals surface area (Å²) in [6.07, 6.45) is 6.93. The van der Waals surface area contributed by atoms with Crippen LogP contribution in [-0.2, 0) is 9.59 Å². The maximum Gasteiger partial charge on any atom is 0.326 e. The summed E-state index contributed by atoms with van der Waals surface area (Å²) in [5.41, 5.74) is 0. The Morgan fingerprint density at radius 3 is 2.56 bits per heavy atom. The van der Waals surface area contributed by atoms with Crippen molar-refractivity contribution in [2.24, 2.45) is 5.92 Å². The molecule has 0 aromatic heterocycles. The maximum absolute atomic E-state index is 11.6. The number of hydrogen-bond acceptors (Lipinski definition) is 2. The van der Waals surface area contributed by atoms with Crippen LogP contribution in [0, 0.1) is 5.92 Å². The van der Waals surface area contributed by atoms with Gasteiger partial charge in [-0.05, 0) is 25.2 Å². The van der Waals surface area contributed by atoms with Crippen molar-refractivity contribution in [3.8, 4) is 0 Å². The highest BCUT2D eigenvalue weighted by Crippen LogP contribution is 2.28. The standard InChI is InChI=1S/C12H19NO3/c14-11-7-6-10(12(15)16)13(11)8-9-4-2-1-3-5-9/h9-10H,1-8H2,(H,15,16). The van der Waals surface area contributed by atoms with Gasteiger partial charge in [0.2, 0.25) is 5.91 Å². The molecular weight excluding hydrogens is 206 g/mol. The molecule has 1 amide bonds. The van der Waals surface area contributed by atoms with E-state index in [9.17, 15) is 9.59 Å². The van der Waals surface area contributed by atoms with E-state index in [0.29, 0.717) is 25.3 Å². The fourth-order valence-electron chi connectivity index (χ4n) is 2.87. The summed E-state index contributed by atoms with van der Waals surface area (Å²) in [4.78, 5) is 24.2. The molecule has 16 heavy (non-hydrogen) atoms. The van der Waals surface area contributed by atoms with Crippen LogP contribution >= 0.6 is 0 Å². The topological polar surface area (TPSA) is 57.6 Å². The summed E-state index contributed by atoms with van der Waals surface area (Å²) in [5, 5.41) is 9.04. The third-order valence-corrected chi connectivity index (χ3v) is 3.79. The fraction of sp³-hybridized carbons (Fsp3) is 0.833. The molecule has 0 radical (unpaired) electrons. The van der Waals surface area contributed by atoms with Gasteiger partial charge in [-0.3, -0.25) is 4.79 Å². The highest BCUT2D eigenvalue weighted by atomic mass is 16.4. The Bertz CT molecular complexity index is 284. The molecule has 1 heterocycles. The van der Waals surface area contributed by atoms with Crippen LogP contribution < -0.4 is 0 Å². The van der Waals surface area contributed by atoms with Crippen molar-refractivity contribution >= 4 is 11.9 Å². The van der Waals surface area contributed by atoms with Gasteiger partial charge in [-0.15, -0.1) is 0 Å². The van der Waals surface area contributed by atoms with Gasteiger partial charge in [0.1, 0.15) is 6.04 Å². The lowest BCUT2D eigenvalue weighted by Gasteiger charge is -2.29. The Balaban J connectivity index is 1.95. The van der Waals surface area contributed by atoms with Crippen molar-refractivity contribution in [1.82, 2.24) is 4.90 Å². The van der Waals surface area contributed by atoms with Crippen LogP contribution in [0.2, 0.25) is 0 Å². The molecule has 2 aliphatic rings. The van der Waals surface area contributed by atoms with E-state index < -0.39 is 12.0 Å². The molecule has 0 aromatic rings. The molecule has 1 saturated carbocycles. The minimum absolute atomic E-state index is 0.0259. The summed E-state index contributed by atoms with van der Waals surface area (Å²) < 4.78 is 0. The molecule has 90 valence electrons. The lowest BCUT2D eigenvalue weighted by atomic mass is 9.89. The van der Waals surface area contributed by atoms with Crippen molar-refractivity contribution in [3.63, 3.8) is 0 Å². The average Bonchev–Trinajstić information content (AvgIpc) is 2.62. The largest absolute Gasteiger partial charge is 0.480 e. The summed E-state index contributed by atoms with van der Waals surface area (Å²) in [6.45, 7) is 0.663. The first-order valence-electron chi connectivity index (χ1n) is 6.21. The van der Waals surface area contributed by atoms with E-state index in [1.165, 1.54) is 19.3 Å². The second-order valence-corrected chi connectivity index (χ2v) is 4.94. The van der Waals surface area contributed by atoms with Gasteiger partial charge in [0.15, 0.2) is 0 Å². The Labute approximate surface area is 95.6 Å². The zero-order valence-corrected chi connectivity index (χ0v) is 9.52. The van der Waals surface area contributed by atoms with E-state index in [2.05, 4.69) is 0 Å². The van der Waals surface area contributed by atoms with Gasteiger partial charge in [0, 0.05) is 13.0 Å². The average molecular weight is 225 g/mol. The second kappa shape index (κ2) is 4.85. The van der Waals surface area contributed by atoms with E-state index in [4.69, 9.17) is 5.11 Å². The zero-order valence-electron chi connectivity index (χ0n) is 9.52. The summed E-state index contributed by atoms with van der Waals surface area (Å²) in [6, 6.07) is -0.561. The highest BCUT2D eigenvalue weighted by Gasteiger charge is 2.37. The predicted molar refractivity (Wildman–Crippen MR) is 58.9 cm³/mol. The monoisotopic (exact) mass is 225 g/mol. The number of aliphatic carboxylic acids is 1. The first-order chi connectivity index (χ1) is 7.68. The van der Waals surface area contributed by atoms with Gasteiger partial charge in [-0.2, -0.15) is 0 Å². The van der Waals surface area contributed by atoms with Crippen molar-refractivity contribution in [2.45, 2.75) is 51.0 Å². The molecule has 1 atom stereocenters. The van der Waals surface area contributed by atoms with E-state index in [1.54, 1.807) is 4.90 Å². The van der Waals surface area contributed by atoms with Crippen LogP contribution in [0.1, 0.15) is 44.9 Å². The number of amides is 1. The minimum atomic E-state index is -0.846. The SMILES string of the molecule is O=C(O)C1CCC(=O)N1CC1CCCCC1. The van der Waals surface area contributed by atoms with Gasteiger partial charge in [-0.1, -0.05) is 19.3 Å². The van der Waals surface area contributed by atoms with Gasteiger partial charge in [0.25, 0.3) is 0 Å². The molecule has 0 bridgehead atoms. The van der Waals surface area contributed by atoms with Crippen molar-refractivity contribution in [1.29, 1.82) is 0 Å². The van der Waals surface area contributed by atoms with Crippen molar-refractivity contribution in [2.75, 3.05) is 6.54 Å². The quantitative estimate of drug-likeness (QED) is 0.794. The fourth-order valence-corrected chi connectivity index (χ4v) is 2.87. The molecule has 1 aliphatic carbocycles. The first kappa shape index (κ1) is 11.4. The number of carboxylic acids is 1. The molecule has 1 saturated heterocycles. The van der Waals surface area contributed by atoms with Gasteiger partial charge in [-0.25, -0.2) is 4.79 Å². The third kappa shape index (κ3) is 2.36. The molecule has 0 aromatic carbocycles. The molecule has 1 unspecified atom stereocenters. The number of rotatable bonds is 3. The molecule has 2 fully saturated rings. The molecule has 2 rings (SSSR count). The smallest absolute Gasteiger partial charge is 0.326 e. The van der Waals surface area contributed by atoms with E-state index >= 15 is 0 Å². The Morgan fingerprint density at radius 1 is 1.25 bits per heavy atom. The number of likely N-dealkylation sites (tertiary alicyclic amines) is 1. The summed E-state index contributed by atoms with van der Waals surface area (Å²) >= 11 is 0. The van der Waals surface area contributed by atoms with Gasteiger partial charge in [0.05, 0.1) is 0 Å². The molecule has 1 aliphatic heterocycles. The van der Waals surface area contributed by atoms with Crippen LogP contribution in [0.25, 0.3) is 0 Å². The minimum Gasteiger partial charge on any atom is -0.480 e. The zero-order chi connectivity index (χ0) is 11.5. The van der Waals surface area contributed by atoms with Crippen LogP contribution in [0.5, 0.6) is 0 Å². The number of carbonyl (C=O) groups excluding carboxylic acids is 1. The number of nitrogens with zero attached hydrogens (tertiary/aromatic N) is 1. The van der Waals surface area contributed by atoms with E-state index in [-0.39, 0.29) is 5.91 Å². The van der Waals surface area contributed by atoms with Gasteiger partial charge < -0.3 is 10.0 Å². The Morgan fingerprint density at radius 2 is 1.94 bits per heavy atom. The van der Waals surface area contributed by atoms with Crippen LogP contribution in [-0.4, -0.2) is 34.5 Å². The lowest BCUT2D eigenvalue weighted by molar-refractivity contribution is -0.146. The second-order valence-electron chi connectivity index (χ2n) is 4.94. The predicted octanol–water partition coefficient (Wildman–Crippen LogP) is 1.64. The number of carboxylic acid groups (broad SMARTS) is 1. The molecular formula is C12H19NO3. The summed E-state index contributed by atoms with van der Waals surface area (Å²) in [7, 11) is 0. The van der Waals surface area contributed by atoms with Gasteiger partial charge >= 0.3 is 5.97 Å². The number of hydrogen-bond donors (Lipinski definition) is 1. The van der Waals surface area contributed by atoms with Crippen molar-refractivity contribution < 1.29 is 14.7 Å². The third-order valence-electron chi connectivity index (χ3n) is 3.79. The lowest BCUT2D eigenvalue weighted by Crippen LogP contribution is -2.41. The molecule has 4 nitrogen and oxygen atoms in total. The Kier molecular flexibility index (Phi) is 3.46. The van der Waals surface area contributed by atoms with Crippen LogP contribution in [0.4, 0.5) is 0 Å². The van der Waals surface area contributed by atoms with E-state index in [0.717, 1.165) is 12.8 Å². The number of carbonyl (C=O) groups is 2. The molecule has 0 spiro atoms. The van der Waals surface area contributed by atoms with Crippen molar-refractivity contribution in [3.05, 3.63) is 0 Å². The normalized spacial score (nSPS) is 27.4. The highest BCUT2D eigenvalue weighted by molar-refractivity contribution is 5.87. The first-order valence-corrected chi connectivity index (χ1v) is 6.21. The van der Waals surface area contributed by atoms with Crippen LogP contribution in [0.3, 0.4) is 0 Å².